The van der Waals surface area contributed by atoms with Crippen LogP contribution < -0.4 is 5.32 Å². The van der Waals surface area contributed by atoms with Crippen molar-refractivity contribution in [3.05, 3.63) is 30.2 Å². The van der Waals surface area contributed by atoms with Gasteiger partial charge in [-0.2, -0.15) is 0 Å². The van der Waals surface area contributed by atoms with Crippen molar-refractivity contribution in [3.63, 3.8) is 0 Å². The molecule has 16 heavy (non-hydrogen) atoms. The molecule has 0 aliphatic carbocycles. The van der Waals surface area contributed by atoms with Crippen molar-refractivity contribution >= 4 is 5.65 Å². The largest absolute Gasteiger partial charge is 0.302 e. The number of nitrogens with zero attached hydrogens (tertiary/aromatic N) is 3. The lowest BCUT2D eigenvalue weighted by Crippen LogP contribution is -2.32. The van der Waals surface area contributed by atoms with Crippen LogP contribution in [0.1, 0.15) is 12.7 Å². The van der Waals surface area contributed by atoms with Crippen molar-refractivity contribution in [1.29, 1.82) is 0 Å². The van der Waals surface area contributed by atoms with Crippen LogP contribution in [0.25, 0.3) is 5.65 Å². The zero-order chi connectivity index (χ0) is 11.5. The van der Waals surface area contributed by atoms with Gasteiger partial charge < -0.3 is 5.32 Å². The molecule has 2 aromatic heterocycles. The second kappa shape index (κ2) is 4.52. The van der Waals surface area contributed by atoms with Crippen LogP contribution in [0.5, 0.6) is 0 Å². The Morgan fingerprint density at radius 2 is 2.19 bits per heavy atom. The molecule has 0 spiro atoms. The van der Waals surface area contributed by atoms with Crippen LogP contribution in [0.2, 0.25) is 0 Å². The molecular weight excluding hydrogens is 214 g/mol. The van der Waals surface area contributed by atoms with Gasteiger partial charge in [0.15, 0.2) is 11.5 Å². The van der Waals surface area contributed by atoms with E-state index in [-0.39, 0.29) is 6.54 Å². The molecule has 0 aromatic carbocycles. The van der Waals surface area contributed by atoms with Crippen molar-refractivity contribution in [3.8, 4) is 0 Å². The summed E-state index contributed by atoms with van der Waals surface area (Å²) in [6.45, 7) is 1.71. The summed E-state index contributed by atoms with van der Waals surface area (Å²) in [6.07, 6.45) is -0.571. The zero-order valence-electron chi connectivity index (χ0n) is 8.77. The Morgan fingerprint density at radius 3 is 2.94 bits per heavy atom. The zero-order valence-corrected chi connectivity index (χ0v) is 8.77. The smallest absolute Gasteiger partial charge is 0.253 e. The number of fused-ring (bicyclic) bond motifs is 1. The molecule has 0 radical (unpaired) electrons. The molecule has 6 heteroatoms. The normalized spacial score (nSPS) is 13.5. The molecule has 2 rings (SSSR count). The van der Waals surface area contributed by atoms with Gasteiger partial charge in [-0.3, -0.25) is 4.40 Å². The van der Waals surface area contributed by atoms with Crippen LogP contribution in [0, 0.1) is 0 Å². The van der Waals surface area contributed by atoms with E-state index in [0.29, 0.717) is 11.5 Å². The average Bonchev–Trinajstić information content (AvgIpc) is 2.69. The fourth-order valence-electron chi connectivity index (χ4n) is 1.35. The molecule has 0 amide bonds. The number of hydrogen-bond donors (Lipinski definition) is 1. The lowest BCUT2D eigenvalue weighted by Gasteiger charge is -2.11. The molecule has 86 valence electrons. The minimum absolute atomic E-state index is 0.274. The predicted molar refractivity (Wildman–Crippen MR) is 55.3 cm³/mol. The average molecular weight is 226 g/mol. The third-order valence-corrected chi connectivity index (χ3v) is 2.34. The Morgan fingerprint density at radius 1 is 1.38 bits per heavy atom. The van der Waals surface area contributed by atoms with Gasteiger partial charge in [0, 0.05) is 6.20 Å². The summed E-state index contributed by atoms with van der Waals surface area (Å²) >= 11 is 0. The fraction of sp³-hybridized carbons (Fsp3) is 0.400. The van der Waals surface area contributed by atoms with E-state index in [0.717, 1.165) is 0 Å². The second-order valence-corrected chi connectivity index (χ2v) is 3.55. The monoisotopic (exact) mass is 226 g/mol. The highest BCUT2D eigenvalue weighted by atomic mass is 19.3. The van der Waals surface area contributed by atoms with Gasteiger partial charge in [0.05, 0.1) is 12.6 Å². The van der Waals surface area contributed by atoms with E-state index in [4.69, 9.17) is 0 Å². The molecule has 2 aromatic rings. The second-order valence-electron chi connectivity index (χ2n) is 3.55. The lowest BCUT2D eigenvalue weighted by molar-refractivity contribution is 0.105. The highest BCUT2D eigenvalue weighted by molar-refractivity contribution is 5.36. The van der Waals surface area contributed by atoms with E-state index in [2.05, 4.69) is 15.5 Å². The number of hydrogen-bond acceptors (Lipinski definition) is 3. The summed E-state index contributed by atoms with van der Waals surface area (Å²) in [5.41, 5.74) is 0.712. The van der Waals surface area contributed by atoms with Gasteiger partial charge >= 0.3 is 0 Å². The minimum Gasteiger partial charge on any atom is -0.302 e. The predicted octanol–water partition coefficient (Wildman–Crippen LogP) is 1.47. The molecule has 0 fully saturated rings. The molecule has 0 aliphatic heterocycles. The van der Waals surface area contributed by atoms with Crippen molar-refractivity contribution in [1.82, 2.24) is 19.9 Å². The summed E-state index contributed by atoms with van der Waals surface area (Å²) in [5.74, 6) is 0.628. The standard InChI is InChI=1S/C10H12F2N4/c1-7(10(11)12)13-6-9-15-14-8-4-2-3-5-16(8)9/h2-5,7,10,13H,6H2,1H3. The number of pyridine rings is 1. The third-order valence-electron chi connectivity index (χ3n) is 2.34. The third kappa shape index (κ3) is 2.16. The Bertz CT molecular complexity index is 469. The quantitative estimate of drug-likeness (QED) is 0.858. The molecular formula is C10H12F2N4. The van der Waals surface area contributed by atoms with Gasteiger partial charge in [-0.1, -0.05) is 6.07 Å². The highest BCUT2D eigenvalue weighted by Gasteiger charge is 2.14. The van der Waals surface area contributed by atoms with Crippen molar-refractivity contribution < 1.29 is 8.78 Å². The first kappa shape index (κ1) is 10.9. The maximum Gasteiger partial charge on any atom is 0.253 e. The Balaban J connectivity index is 2.10. The van der Waals surface area contributed by atoms with Crippen LogP contribution in [-0.2, 0) is 6.54 Å². The topological polar surface area (TPSA) is 42.2 Å². The summed E-state index contributed by atoms with van der Waals surface area (Å²) in [4.78, 5) is 0. The highest BCUT2D eigenvalue weighted by Crippen LogP contribution is 2.04. The van der Waals surface area contributed by atoms with E-state index in [1.165, 1.54) is 6.92 Å². The van der Waals surface area contributed by atoms with Gasteiger partial charge in [-0.15, -0.1) is 10.2 Å². The van der Waals surface area contributed by atoms with Crippen molar-refractivity contribution in [2.75, 3.05) is 0 Å². The van der Waals surface area contributed by atoms with Crippen LogP contribution >= 0.6 is 0 Å². The first-order chi connectivity index (χ1) is 7.68. The number of aromatic nitrogens is 3. The molecule has 0 saturated carbocycles. The summed E-state index contributed by atoms with van der Waals surface area (Å²) in [6, 6.07) is 4.66. The Labute approximate surface area is 91.3 Å². The van der Waals surface area contributed by atoms with Gasteiger partial charge in [0.25, 0.3) is 6.43 Å². The van der Waals surface area contributed by atoms with Crippen molar-refractivity contribution in [2.45, 2.75) is 25.9 Å². The minimum atomic E-state index is -2.38. The van der Waals surface area contributed by atoms with E-state index in [9.17, 15) is 8.78 Å². The van der Waals surface area contributed by atoms with Gasteiger partial charge in [0.2, 0.25) is 0 Å². The number of alkyl halides is 2. The van der Waals surface area contributed by atoms with Gasteiger partial charge in [0.1, 0.15) is 0 Å². The van der Waals surface area contributed by atoms with Crippen LogP contribution in [0.3, 0.4) is 0 Å². The maximum atomic E-state index is 12.3. The first-order valence-electron chi connectivity index (χ1n) is 4.98. The number of halogens is 2. The molecule has 1 atom stereocenters. The molecule has 1 unspecified atom stereocenters. The van der Waals surface area contributed by atoms with E-state index >= 15 is 0 Å². The summed E-state index contributed by atoms with van der Waals surface area (Å²) < 4.78 is 26.3. The van der Waals surface area contributed by atoms with Gasteiger partial charge in [-0.05, 0) is 19.1 Å². The number of nitrogens with one attached hydrogen (secondary N) is 1. The molecule has 0 aliphatic rings. The van der Waals surface area contributed by atoms with E-state index in [1.54, 1.807) is 10.6 Å². The fourth-order valence-corrected chi connectivity index (χ4v) is 1.35. The van der Waals surface area contributed by atoms with Gasteiger partial charge in [-0.25, -0.2) is 8.78 Å². The first-order valence-corrected chi connectivity index (χ1v) is 4.98. The lowest BCUT2D eigenvalue weighted by atomic mass is 10.3. The van der Waals surface area contributed by atoms with Crippen molar-refractivity contribution in [2.24, 2.45) is 0 Å². The van der Waals surface area contributed by atoms with E-state index < -0.39 is 12.5 Å². The SMILES string of the molecule is CC(NCc1nnc2ccccn12)C(F)F. The van der Waals surface area contributed by atoms with Crippen LogP contribution in [0.15, 0.2) is 24.4 Å². The van der Waals surface area contributed by atoms with Crippen LogP contribution in [0.4, 0.5) is 8.78 Å². The summed E-state index contributed by atoms with van der Waals surface area (Å²) in [5, 5.41) is 10.6. The molecule has 0 bridgehead atoms. The number of rotatable bonds is 4. The molecule has 4 nitrogen and oxygen atoms in total. The van der Waals surface area contributed by atoms with Crippen LogP contribution in [-0.4, -0.2) is 27.1 Å². The molecule has 0 saturated heterocycles. The van der Waals surface area contributed by atoms with E-state index in [1.807, 2.05) is 18.2 Å². The summed E-state index contributed by atoms with van der Waals surface area (Å²) in [7, 11) is 0. The Hall–Kier alpha value is -1.56. The Kier molecular flexibility index (Phi) is 3.09. The molecule has 1 N–H and O–H groups in total. The maximum absolute atomic E-state index is 12.3. The molecule has 2 heterocycles.